The van der Waals surface area contributed by atoms with Crippen molar-refractivity contribution in [2.75, 3.05) is 0 Å². The average Bonchev–Trinajstić information content (AvgIpc) is 2.81. The van der Waals surface area contributed by atoms with Gasteiger partial charge < -0.3 is 0 Å². The minimum absolute atomic E-state index is 0.803. The third-order valence-electron chi connectivity index (χ3n) is 4.76. The Hall–Kier alpha value is -1.98. The summed E-state index contributed by atoms with van der Waals surface area (Å²) < 4.78 is 14.7. The second kappa shape index (κ2) is 8.80. The fourth-order valence-electron chi connectivity index (χ4n) is 3.28. The summed E-state index contributed by atoms with van der Waals surface area (Å²) in [5.41, 5.74) is 0. The van der Waals surface area contributed by atoms with Crippen LogP contribution in [0.15, 0.2) is 121 Å². The van der Waals surface area contributed by atoms with E-state index < -0.39 is 13.4 Å². The van der Waals surface area contributed by atoms with Gasteiger partial charge in [-0.1, -0.05) is 0 Å². The summed E-state index contributed by atoms with van der Waals surface area (Å²) in [4.78, 5) is 3.68. The van der Waals surface area contributed by atoms with Crippen molar-refractivity contribution in [2.45, 2.75) is 0 Å². The van der Waals surface area contributed by atoms with E-state index >= 15 is 0 Å². The number of rotatable bonds is 6. The third-order valence-corrected chi connectivity index (χ3v) is 15.3. The Bertz CT molecular complexity index is 1020. The molecule has 1 N–H and O–H groups in total. The second-order valence-corrected chi connectivity index (χ2v) is 15.4. The minimum atomic E-state index is -3.11. The van der Waals surface area contributed by atoms with Crippen molar-refractivity contribution in [3.63, 3.8) is 0 Å². The van der Waals surface area contributed by atoms with Crippen LogP contribution in [0.2, 0.25) is 0 Å². The molecule has 0 aliphatic heterocycles. The Morgan fingerprint density at radius 2 is 0.862 bits per heavy atom. The van der Waals surface area contributed by atoms with E-state index in [9.17, 15) is 4.57 Å². The Kier molecular flexibility index (Phi) is 6.16. The second-order valence-electron chi connectivity index (χ2n) is 6.66. The maximum atomic E-state index is 14.7. The van der Waals surface area contributed by atoms with Crippen molar-refractivity contribution < 1.29 is 4.57 Å². The van der Waals surface area contributed by atoms with E-state index in [-0.39, 0.29) is 0 Å². The van der Waals surface area contributed by atoms with Crippen LogP contribution in [0.25, 0.3) is 0 Å². The molecule has 4 aromatic carbocycles. The van der Waals surface area contributed by atoms with E-state index in [1.54, 1.807) is 0 Å². The van der Waals surface area contributed by atoms with Crippen molar-refractivity contribution in [3.05, 3.63) is 121 Å². The van der Waals surface area contributed by atoms with Crippen LogP contribution in [0, 0.1) is 0 Å². The zero-order valence-electron chi connectivity index (χ0n) is 15.8. The molecule has 0 bridgehead atoms. The first-order valence-corrected chi connectivity index (χ1v) is 15.1. The summed E-state index contributed by atoms with van der Waals surface area (Å²) >= 11 is 3.45. The standard InChI is InChI=1S/C24H21NOP2Se/c26-27(21-13-5-1-6-14-21,22-15-7-2-8-16-22)25-28(29,23-17-9-3-10-18-23)24-19-11-4-12-20-24/h1-20H,(H,25,26)/q+1. The molecule has 4 aromatic rings. The van der Waals surface area contributed by atoms with Gasteiger partial charge >= 0.3 is 181 Å². The van der Waals surface area contributed by atoms with Crippen molar-refractivity contribution in [1.29, 1.82) is 0 Å². The van der Waals surface area contributed by atoms with E-state index in [0.29, 0.717) is 0 Å². The first kappa shape index (κ1) is 20.3. The van der Waals surface area contributed by atoms with Gasteiger partial charge in [0, 0.05) is 0 Å². The van der Waals surface area contributed by atoms with E-state index in [1.165, 1.54) is 0 Å². The molecule has 0 unspecified atom stereocenters. The van der Waals surface area contributed by atoms with Gasteiger partial charge in [0.15, 0.2) is 0 Å². The normalized spacial score (nSPS) is 11.9. The van der Waals surface area contributed by atoms with E-state index in [4.69, 9.17) is 0 Å². The van der Waals surface area contributed by atoms with Gasteiger partial charge in [0.2, 0.25) is 0 Å². The van der Waals surface area contributed by atoms with Crippen LogP contribution >= 0.6 is 13.4 Å². The van der Waals surface area contributed by atoms with Crippen LogP contribution < -0.4 is 26.1 Å². The topological polar surface area (TPSA) is 29.1 Å². The van der Waals surface area contributed by atoms with Crippen LogP contribution in [0.5, 0.6) is 0 Å². The summed E-state index contributed by atoms with van der Waals surface area (Å²) in [5, 5.41) is 3.85. The molecule has 4 rings (SSSR count). The molecule has 0 aliphatic carbocycles. The summed E-state index contributed by atoms with van der Waals surface area (Å²) in [6.45, 7) is 0. The molecule has 0 saturated carbocycles. The van der Waals surface area contributed by atoms with Crippen molar-refractivity contribution in [1.82, 2.24) is 4.86 Å². The van der Waals surface area contributed by atoms with E-state index in [2.05, 4.69) is 44.7 Å². The fourth-order valence-corrected chi connectivity index (χ4v) is 13.4. The van der Waals surface area contributed by atoms with Gasteiger partial charge in [0.1, 0.15) is 0 Å². The third kappa shape index (κ3) is 4.17. The van der Waals surface area contributed by atoms with Gasteiger partial charge in [-0.3, -0.25) is 0 Å². The molecule has 0 amide bonds. The number of benzene rings is 4. The Labute approximate surface area is 180 Å². The monoisotopic (exact) mass is 481 g/mol. The number of nitrogens with one attached hydrogen (secondary N) is 1. The number of hydrogen-bond donors (Lipinski definition) is 1. The van der Waals surface area contributed by atoms with Gasteiger partial charge in [-0.05, 0) is 0 Å². The van der Waals surface area contributed by atoms with Gasteiger partial charge in [-0.15, -0.1) is 0 Å². The molecule has 0 heterocycles. The molecule has 0 saturated heterocycles. The predicted octanol–water partition coefficient (Wildman–Crippen LogP) is 4.17. The average molecular weight is 480 g/mol. The molecule has 0 spiro atoms. The summed E-state index contributed by atoms with van der Waals surface area (Å²) in [6, 6.07) is 40.0. The predicted molar refractivity (Wildman–Crippen MR) is 128 cm³/mol. The van der Waals surface area contributed by atoms with Crippen LogP contribution in [0.4, 0.5) is 0 Å². The summed E-state index contributed by atoms with van der Waals surface area (Å²) in [5.74, 6) is 0. The Morgan fingerprint density at radius 1 is 0.552 bits per heavy atom. The molecule has 0 fully saturated rings. The molecular formula is C24H21NOP2Se+. The van der Waals surface area contributed by atoms with E-state index in [0.717, 1.165) is 21.2 Å². The molecule has 1 radical (unpaired) electrons. The van der Waals surface area contributed by atoms with Crippen molar-refractivity contribution in [3.8, 4) is 0 Å². The zero-order chi connectivity index (χ0) is 20.2. The van der Waals surface area contributed by atoms with Gasteiger partial charge in [0.05, 0.1) is 0 Å². The summed E-state index contributed by atoms with van der Waals surface area (Å²) in [6.07, 6.45) is -2.26. The summed E-state index contributed by atoms with van der Waals surface area (Å²) in [7, 11) is -3.11. The molecule has 143 valence electrons. The molecular weight excluding hydrogens is 459 g/mol. The Balaban J connectivity index is 1.92. The van der Waals surface area contributed by atoms with Crippen LogP contribution in [0.3, 0.4) is 0 Å². The molecule has 29 heavy (non-hydrogen) atoms. The number of hydrogen-bond acceptors (Lipinski definition) is 1. The van der Waals surface area contributed by atoms with Crippen LogP contribution in [0.1, 0.15) is 0 Å². The van der Waals surface area contributed by atoms with Crippen molar-refractivity contribution in [2.24, 2.45) is 0 Å². The first-order chi connectivity index (χ1) is 14.1. The fraction of sp³-hybridized carbons (Fsp3) is 0. The van der Waals surface area contributed by atoms with Crippen molar-refractivity contribution >= 4 is 50.2 Å². The first-order valence-electron chi connectivity index (χ1n) is 9.35. The molecule has 2 nitrogen and oxygen atoms in total. The van der Waals surface area contributed by atoms with Gasteiger partial charge in [-0.25, -0.2) is 0 Å². The molecule has 0 atom stereocenters. The van der Waals surface area contributed by atoms with Crippen LogP contribution in [-0.4, -0.2) is 15.6 Å². The SMILES string of the molecule is O=P(N[P+]([Se])(c1ccccc1)c1ccccc1)(c1ccccc1)c1ccccc1. The zero-order valence-corrected chi connectivity index (χ0v) is 19.3. The quantitative estimate of drug-likeness (QED) is 0.332. The Morgan fingerprint density at radius 3 is 1.21 bits per heavy atom. The maximum absolute atomic E-state index is 14.7. The molecule has 0 aliphatic rings. The molecule has 5 heteroatoms. The van der Waals surface area contributed by atoms with E-state index in [1.807, 2.05) is 97.1 Å². The van der Waals surface area contributed by atoms with Gasteiger partial charge in [-0.2, -0.15) is 0 Å². The van der Waals surface area contributed by atoms with Gasteiger partial charge in [0.25, 0.3) is 0 Å². The van der Waals surface area contributed by atoms with Crippen LogP contribution in [-0.2, 0) is 4.57 Å². The molecule has 0 aromatic heterocycles.